The Morgan fingerprint density at radius 1 is 1.30 bits per heavy atom. The molecule has 0 bridgehead atoms. The van der Waals surface area contributed by atoms with E-state index in [4.69, 9.17) is 28.9 Å². The number of halogens is 2. The van der Waals surface area contributed by atoms with Gasteiger partial charge < -0.3 is 5.73 Å². The molecule has 0 spiro atoms. The average molecular weight is 424 g/mol. The molecule has 1 amide bonds. The van der Waals surface area contributed by atoms with Gasteiger partial charge in [0.1, 0.15) is 16.7 Å². The number of benzene rings is 1. The number of hydrogen-bond acceptors (Lipinski definition) is 4. The number of aromatic nitrogens is 2. The first kappa shape index (κ1) is 19.9. The Hall–Kier alpha value is -1.89. The van der Waals surface area contributed by atoms with E-state index >= 15 is 0 Å². The number of nitrogens with zero attached hydrogens (tertiary/aromatic N) is 2. The molecule has 0 aliphatic heterocycles. The van der Waals surface area contributed by atoms with Crippen molar-refractivity contribution in [1.29, 1.82) is 0 Å². The largest absolute Gasteiger partial charge is 0.368 e. The van der Waals surface area contributed by atoms with E-state index in [1.54, 1.807) is 19.1 Å². The Bertz CT molecular complexity index is 1100. The number of carbonyl (C=O) groups is 1. The minimum atomic E-state index is -0.735. The maximum absolute atomic E-state index is 13.4. The summed E-state index contributed by atoms with van der Waals surface area (Å²) in [5, 5.41) is 1.35. The van der Waals surface area contributed by atoms with Crippen LogP contribution in [0.1, 0.15) is 37.0 Å². The molecule has 142 valence electrons. The SMILES string of the molecule is CCc1sc2nc(C)n(C(CC)C(N)=O)c(=O)c2c1-c1ccc(Cl)c(Cl)c1. The summed E-state index contributed by atoms with van der Waals surface area (Å²) in [6, 6.07) is 4.56. The van der Waals surface area contributed by atoms with Gasteiger partial charge in [-0.25, -0.2) is 4.98 Å². The molecular weight excluding hydrogens is 405 g/mol. The molecule has 0 aliphatic rings. The second kappa shape index (κ2) is 7.62. The van der Waals surface area contributed by atoms with Crippen LogP contribution in [-0.4, -0.2) is 15.5 Å². The van der Waals surface area contributed by atoms with Crippen molar-refractivity contribution in [3.05, 3.63) is 49.3 Å². The summed E-state index contributed by atoms with van der Waals surface area (Å²) in [6.45, 7) is 5.56. The summed E-state index contributed by atoms with van der Waals surface area (Å²) in [5.74, 6) is -0.0753. The monoisotopic (exact) mass is 423 g/mol. The molecule has 0 fully saturated rings. The van der Waals surface area contributed by atoms with Gasteiger partial charge in [0.05, 0.1) is 15.4 Å². The maximum atomic E-state index is 13.4. The van der Waals surface area contributed by atoms with Crippen LogP contribution in [0.2, 0.25) is 10.0 Å². The molecule has 0 saturated heterocycles. The summed E-state index contributed by atoms with van der Waals surface area (Å²) in [7, 11) is 0. The highest BCUT2D eigenvalue weighted by Gasteiger charge is 2.25. The Kier molecular flexibility index (Phi) is 5.60. The van der Waals surface area contributed by atoms with Crippen molar-refractivity contribution in [3.63, 3.8) is 0 Å². The van der Waals surface area contributed by atoms with E-state index in [1.165, 1.54) is 15.9 Å². The Labute approximate surface area is 170 Å². The fraction of sp³-hybridized carbons (Fsp3) is 0.316. The quantitative estimate of drug-likeness (QED) is 0.643. The summed E-state index contributed by atoms with van der Waals surface area (Å²) < 4.78 is 1.40. The van der Waals surface area contributed by atoms with Crippen molar-refractivity contribution in [3.8, 4) is 11.1 Å². The predicted molar refractivity (Wildman–Crippen MR) is 112 cm³/mol. The molecule has 27 heavy (non-hydrogen) atoms. The zero-order valence-corrected chi connectivity index (χ0v) is 17.5. The standard InChI is InChI=1S/C19H19Cl2N3O2S/c1-4-13(17(22)25)24-9(3)23-18-16(19(24)26)15(14(5-2)27-18)10-6-7-11(20)12(21)8-10/h6-8,13H,4-5H2,1-3H3,(H2,22,25). The van der Waals surface area contributed by atoms with Gasteiger partial charge in [-0.2, -0.15) is 0 Å². The van der Waals surface area contributed by atoms with E-state index < -0.39 is 11.9 Å². The molecule has 0 aliphatic carbocycles. The summed E-state index contributed by atoms with van der Waals surface area (Å²) in [4.78, 5) is 31.5. The lowest BCUT2D eigenvalue weighted by molar-refractivity contribution is -0.121. The van der Waals surface area contributed by atoms with E-state index in [1.807, 2.05) is 19.9 Å². The summed E-state index contributed by atoms with van der Waals surface area (Å²) in [6.07, 6.45) is 1.15. The number of hydrogen-bond donors (Lipinski definition) is 1. The van der Waals surface area contributed by atoms with Gasteiger partial charge in [-0.05, 0) is 37.5 Å². The number of aryl methyl sites for hydroxylation is 2. The second-order valence-corrected chi connectivity index (χ2v) is 8.12. The van der Waals surface area contributed by atoms with Crippen molar-refractivity contribution < 1.29 is 4.79 Å². The predicted octanol–water partition coefficient (Wildman–Crippen LogP) is 4.74. The molecule has 3 aromatic rings. The van der Waals surface area contributed by atoms with Gasteiger partial charge >= 0.3 is 0 Å². The van der Waals surface area contributed by atoms with Crippen molar-refractivity contribution in [2.45, 2.75) is 39.7 Å². The molecule has 2 N–H and O–H groups in total. The number of rotatable bonds is 5. The van der Waals surface area contributed by atoms with E-state index in [0.29, 0.717) is 32.5 Å². The number of nitrogens with two attached hydrogens (primary N) is 1. The summed E-state index contributed by atoms with van der Waals surface area (Å²) >= 11 is 13.7. The molecule has 1 unspecified atom stereocenters. The zero-order valence-electron chi connectivity index (χ0n) is 15.2. The van der Waals surface area contributed by atoms with Crippen molar-refractivity contribution in [2.75, 3.05) is 0 Å². The number of fused-ring (bicyclic) bond motifs is 1. The van der Waals surface area contributed by atoms with E-state index in [0.717, 1.165) is 22.4 Å². The third kappa shape index (κ3) is 3.37. The fourth-order valence-electron chi connectivity index (χ4n) is 3.29. The molecular formula is C19H19Cl2N3O2S. The van der Waals surface area contributed by atoms with Crippen LogP contribution in [-0.2, 0) is 11.2 Å². The third-order valence-electron chi connectivity index (χ3n) is 4.56. The van der Waals surface area contributed by atoms with Gasteiger partial charge in [0.25, 0.3) is 5.56 Å². The first-order chi connectivity index (χ1) is 12.8. The topological polar surface area (TPSA) is 78.0 Å². The van der Waals surface area contributed by atoms with Crippen LogP contribution >= 0.6 is 34.5 Å². The molecule has 8 heteroatoms. The Balaban J connectivity index is 2.41. The average Bonchev–Trinajstić information content (AvgIpc) is 2.99. The van der Waals surface area contributed by atoms with Crippen LogP contribution < -0.4 is 11.3 Å². The van der Waals surface area contributed by atoms with Crippen LogP contribution in [0.25, 0.3) is 21.3 Å². The Morgan fingerprint density at radius 2 is 2.00 bits per heavy atom. The summed E-state index contributed by atoms with van der Waals surface area (Å²) in [5.41, 5.74) is 6.85. The van der Waals surface area contributed by atoms with Crippen molar-refractivity contribution >= 4 is 50.7 Å². The molecule has 2 heterocycles. The number of primary amides is 1. The maximum Gasteiger partial charge on any atom is 0.263 e. The molecule has 0 saturated carbocycles. The van der Waals surface area contributed by atoms with Crippen LogP contribution in [0.3, 0.4) is 0 Å². The highest BCUT2D eigenvalue weighted by atomic mass is 35.5. The number of carbonyl (C=O) groups excluding carboxylic acids is 1. The van der Waals surface area contributed by atoms with Gasteiger partial charge in [-0.15, -0.1) is 11.3 Å². The van der Waals surface area contributed by atoms with Gasteiger partial charge in [-0.1, -0.05) is 43.1 Å². The molecule has 1 atom stereocenters. The molecule has 1 aromatic carbocycles. The number of thiophene rings is 1. The minimum Gasteiger partial charge on any atom is -0.368 e. The molecule has 2 aromatic heterocycles. The van der Waals surface area contributed by atoms with Crippen LogP contribution in [0.15, 0.2) is 23.0 Å². The lowest BCUT2D eigenvalue weighted by atomic mass is 10.0. The smallest absolute Gasteiger partial charge is 0.263 e. The lowest BCUT2D eigenvalue weighted by Gasteiger charge is -2.17. The zero-order chi connectivity index (χ0) is 19.9. The highest BCUT2D eigenvalue weighted by Crippen LogP contribution is 2.39. The Morgan fingerprint density at radius 3 is 2.56 bits per heavy atom. The second-order valence-electron chi connectivity index (χ2n) is 6.22. The minimum absolute atomic E-state index is 0.264. The van der Waals surface area contributed by atoms with Crippen LogP contribution in [0.5, 0.6) is 0 Å². The molecule has 0 radical (unpaired) electrons. The van der Waals surface area contributed by atoms with E-state index in [-0.39, 0.29) is 5.56 Å². The van der Waals surface area contributed by atoms with Gasteiger partial charge in [0.15, 0.2) is 0 Å². The van der Waals surface area contributed by atoms with Crippen LogP contribution in [0.4, 0.5) is 0 Å². The first-order valence-corrected chi connectivity index (χ1v) is 10.2. The first-order valence-electron chi connectivity index (χ1n) is 8.59. The number of amides is 1. The lowest BCUT2D eigenvalue weighted by Crippen LogP contribution is -2.35. The molecule has 3 rings (SSSR count). The third-order valence-corrected chi connectivity index (χ3v) is 6.53. The van der Waals surface area contributed by atoms with Crippen molar-refractivity contribution in [2.24, 2.45) is 5.73 Å². The van der Waals surface area contributed by atoms with Gasteiger partial charge in [-0.3, -0.25) is 14.2 Å². The van der Waals surface area contributed by atoms with E-state index in [9.17, 15) is 9.59 Å². The van der Waals surface area contributed by atoms with Gasteiger partial charge in [0, 0.05) is 10.4 Å². The van der Waals surface area contributed by atoms with Gasteiger partial charge in [0.2, 0.25) is 5.91 Å². The van der Waals surface area contributed by atoms with Crippen LogP contribution in [0, 0.1) is 6.92 Å². The fourth-order valence-corrected chi connectivity index (χ4v) is 4.76. The normalized spacial score (nSPS) is 12.5. The molecule has 5 nitrogen and oxygen atoms in total. The van der Waals surface area contributed by atoms with Crippen molar-refractivity contribution in [1.82, 2.24) is 9.55 Å². The van der Waals surface area contributed by atoms with E-state index in [2.05, 4.69) is 4.98 Å². The highest BCUT2D eigenvalue weighted by molar-refractivity contribution is 7.19.